The van der Waals surface area contributed by atoms with Gasteiger partial charge in [0.2, 0.25) is 0 Å². The summed E-state index contributed by atoms with van der Waals surface area (Å²) in [6, 6.07) is 3.86. The highest BCUT2D eigenvalue weighted by atomic mass is 32.2. The van der Waals surface area contributed by atoms with E-state index in [0.29, 0.717) is 5.16 Å². The third-order valence-corrected chi connectivity index (χ3v) is 3.65. The van der Waals surface area contributed by atoms with Crippen LogP contribution in [0.3, 0.4) is 0 Å². The van der Waals surface area contributed by atoms with Gasteiger partial charge in [0.15, 0.2) is 11.0 Å². The van der Waals surface area contributed by atoms with Gasteiger partial charge in [-0.2, -0.15) is 0 Å². The molecule has 0 spiro atoms. The number of carbonyl (C=O) groups is 1. The Kier molecular flexibility index (Phi) is 4.46. The summed E-state index contributed by atoms with van der Waals surface area (Å²) in [5, 5.41) is 26.8. The molecule has 1 aromatic carbocycles. The van der Waals surface area contributed by atoms with Crippen LogP contribution >= 0.6 is 11.8 Å². The number of hydrogen-bond acceptors (Lipinski definition) is 5. The minimum absolute atomic E-state index is 0.0409. The number of aromatic hydroxyl groups is 1. The van der Waals surface area contributed by atoms with Gasteiger partial charge in [0, 0.05) is 6.04 Å². The number of carboxylic acid groups (broad SMARTS) is 1. The molecule has 0 aliphatic heterocycles. The lowest BCUT2D eigenvalue weighted by Crippen LogP contribution is -2.07. The van der Waals surface area contributed by atoms with Crippen LogP contribution in [-0.2, 0) is 4.79 Å². The number of aromatic nitrogens is 3. The van der Waals surface area contributed by atoms with Crippen LogP contribution < -0.4 is 0 Å². The number of carboxylic acids is 1. The van der Waals surface area contributed by atoms with Gasteiger partial charge in [-0.1, -0.05) is 17.8 Å². The van der Waals surface area contributed by atoms with E-state index in [2.05, 4.69) is 10.2 Å². The fourth-order valence-electron chi connectivity index (χ4n) is 1.87. The highest BCUT2D eigenvalue weighted by Crippen LogP contribution is 2.34. The molecule has 2 rings (SSSR count). The first-order valence-corrected chi connectivity index (χ1v) is 7.17. The second-order valence-corrected chi connectivity index (χ2v) is 5.53. The fourth-order valence-corrected chi connectivity index (χ4v) is 2.66. The topological polar surface area (TPSA) is 88.2 Å². The van der Waals surface area contributed by atoms with Crippen molar-refractivity contribution in [2.75, 3.05) is 5.75 Å². The van der Waals surface area contributed by atoms with Gasteiger partial charge in [-0.05, 0) is 26.0 Å². The standard InChI is InChI=1S/C13H14FN3O3S/c1-7(2)17-12(11-8(14)4-3-5-9(11)18)15-16-13(17)21-6-10(19)20/h3-5,7,18H,6H2,1-2H3,(H,19,20). The maximum Gasteiger partial charge on any atom is 0.313 e. The molecule has 6 nitrogen and oxygen atoms in total. The SMILES string of the molecule is CC(C)n1c(SCC(=O)O)nnc1-c1c(O)cccc1F. The first-order valence-electron chi connectivity index (χ1n) is 6.19. The molecule has 1 aromatic heterocycles. The second-order valence-electron chi connectivity index (χ2n) is 4.59. The summed E-state index contributed by atoms with van der Waals surface area (Å²) in [6.07, 6.45) is 0. The van der Waals surface area contributed by atoms with Gasteiger partial charge < -0.3 is 10.2 Å². The minimum atomic E-state index is -0.978. The molecule has 0 unspecified atom stereocenters. The van der Waals surface area contributed by atoms with Crippen molar-refractivity contribution in [2.24, 2.45) is 0 Å². The van der Waals surface area contributed by atoms with E-state index in [1.165, 1.54) is 18.2 Å². The molecule has 0 amide bonds. The van der Waals surface area contributed by atoms with Crippen molar-refractivity contribution in [1.82, 2.24) is 14.8 Å². The van der Waals surface area contributed by atoms with Crippen LogP contribution in [0.4, 0.5) is 4.39 Å². The first kappa shape index (κ1) is 15.3. The van der Waals surface area contributed by atoms with Crippen molar-refractivity contribution in [3.8, 4) is 17.1 Å². The lowest BCUT2D eigenvalue weighted by molar-refractivity contribution is -0.133. The third kappa shape index (κ3) is 3.15. The lowest BCUT2D eigenvalue weighted by Gasteiger charge is -2.14. The van der Waals surface area contributed by atoms with Crippen LogP contribution in [0.2, 0.25) is 0 Å². The summed E-state index contributed by atoms with van der Waals surface area (Å²) in [5.41, 5.74) is -0.0409. The third-order valence-electron chi connectivity index (χ3n) is 2.72. The van der Waals surface area contributed by atoms with Crippen molar-refractivity contribution in [3.05, 3.63) is 24.0 Å². The summed E-state index contributed by atoms with van der Waals surface area (Å²) in [5.74, 6) is -1.83. The molecular weight excluding hydrogens is 297 g/mol. The molecule has 0 bridgehead atoms. The first-order chi connectivity index (χ1) is 9.91. The van der Waals surface area contributed by atoms with E-state index >= 15 is 0 Å². The van der Waals surface area contributed by atoms with Crippen LogP contribution in [0.25, 0.3) is 11.4 Å². The molecular formula is C13H14FN3O3S. The average Bonchev–Trinajstić information content (AvgIpc) is 2.80. The number of hydrogen-bond donors (Lipinski definition) is 2. The number of nitrogens with zero attached hydrogens (tertiary/aromatic N) is 3. The number of rotatable bonds is 5. The zero-order chi connectivity index (χ0) is 15.6. The van der Waals surface area contributed by atoms with Crippen molar-refractivity contribution >= 4 is 17.7 Å². The highest BCUT2D eigenvalue weighted by molar-refractivity contribution is 7.99. The van der Waals surface area contributed by atoms with Crippen LogP contribution in [0.1, 0.15) is 19.9 Å². The van der Waals surface area contributed by atoms with Crippen molar-refractivity contribution < 1.29 is 19.4 Å². The second kappa shape index (κ2) is 6.13. The van der Waals surface area contributed by atoms with Crippen LogP contribution in [-0.4, -0.2) is 36.7 Å². The summed E-state index contributed by atoms with van der Waals surface area (Å²) in [7, 11) is 0. The molecule has 0 aliphatic rings. The number of phenolic OH excluding ortho intramolecular Hbond substituents is 1. The van der Waals surface area contributed by atoms with E-state index in [-0.39, 0.29) is 28.9 Å². The Balaban J connectivity index is 2.52. The van der Waals surface area contributed by atoms with Gasteiger partial charge in [-0.15, -0.1) is 10.2 Å². The van der Waals surface area contributed by atoms with Gasteiger partial charge in [-0.3, -0.25) is 9.36 Å². The van der Waals surface area contributed by atoms with E-state index in [0.717, 1.165) is 11.8 Å². The predicted octanol–water partition coefficient (Wildman–Crippen LogP) is 2.55. The van der Waals surface area contributed by atoms with Crippen molar-refractivity contribution in [1.29, 1.82) is 0 Å². The van der Waals surface area contributed by atoms with Crippen molar-refractivity contribution in [2.45, 2.75) is 25.0 Å². The Morgan fingerprint density at radius 1 is 1.43 bits per heavy atom. The molecule has 0 fully saturated rings. The number of aliphatic carboxylic acids is 1. The maximum absolute atomic E-state index is 14.0. The average molecular weight is 311 g/mol. The molecule has 0 radical (unpaired) electrons. The number of thioether (sulfide) groups is 1. The molecule has 8 heteroatoms. The normalized spacial score (nSPS) is 11.0. The molecule has 1 heterocycles. The number of phenols is 1. The van der Waals surface area contributed by atoms with Crippen molar-refractivity contribution in [3.63, 3.8) is 0 Å². The van der Waals surface area contributed by atoms with E-state index in [4.69, 9.17) is 5.11 Å². The molecule has 112 valence electrons. The van der Waals surface area contributed by atoms with E-state index in [9.17, 15) is 14.3 Å². The van der Waals surface area contributed by atoms with Crippen LogP contribution in [0, 0.1) is 5.82 Å². The molecule has 0 saturated carbocycles. The zero-order valence-electron chi connectivity index (χ0n) is 11.4. The smallest absolute Gasteiger partial charge is 0.313 e. The van der Waals surface area contributed by atoms with Gasteiger partial charge >= 0.3 is 5.97 Å². The number of halogens is 1. The van der Waals surface area contributed by atoms with Gasteiger partial charge in [0.25, 0.3) is 0 Å². The Hall–Kier alpha value is -2.09. The summed E-state index contributed by atoms with van der Waals surface area (Å²) in [6.45, 7) is 3.69. The lowest BCUT2D eigenvalue weighted by atomic mass is 10.1. The largest absolute Gasteiger partial charge is 0.507 e. The van der Waals surface area contributed by atoms with E-state index in [1.807, 2.05) is 13.8 Å². The molecule has 0 saturated heterocycles. The minimum Gasteiger partial charge on any atom is -0.507 e. The fraction of sp³-hybridized carbons (Fsp3) is 0.308. The van der Waals surface area contributed by atoms with Gasteiger partial charge in [-0.25, -0.2) is 4.39 Å². The van der Waals surface area contributed by atoms with E-state index < -0.39 is 11.8 Å². The number of benzene rings is 1. The zero-order valence-corrected chi connectivity index (χ0v) is 12.3. The van der Waals surface area contributed by atoms with Gasteiger partial charge in [0.1, 0.15) is 11.6 Å². The Morgan fingerprint density at radius 2 is 2.14 bits per heavy atom. The Morgan fingerprint density at radius 3 is 2.71 bits per heavy atom. The summed E-state index contributed by atoms with van der Waals surface area (Å²) in [4.78, 5) is 10.7. The summed E-state index contributed by atoms with van der Waals surface area (Å²) < 4.78 is 15.6. The maximum atomic E-state index is 14.0. The molecule has 2 aromatic rings. The molecule has 0 atom stereocenters. The summed E-state index contributed by atoms with van der Waals surface area (Å²) >= 11 is 0.996. The quantitative estimate of drug-likeness (QED) is 0.825. The van der Waals surface area contributed by atoms with E-state index in [1.54, 1.807) is 4.57 Å². The highest BCUT2D eigenvalue weighted by Gasteiger charge is 2.22. The Labute approximate surface area is 124 Å². The predicted molar refractivity (Wildman–Crippen MR) is 75.8 cm³/mol. The molecule has 21 heavy (non-hydrogen) atoms. The van der Waals surface area contributed by atoms with Crippen LogP contribution in [0.15, 0.2) is 23.4 Å². The molecule has 2 N–H and O–H groups in total. The molecule has 0 aliphatic carbocycles. The van der Waals surface area contributed by atoms with Gasteiger partial charge in [0.05, 0.1) is 11.3 Å². The van der Waals surface area contributed by atoms with Crippen LogP contribution in [0.5, 0.6) is 5.75 Å². The monoisotopic (exact) mass is 311 g/mol. The Bertz CT molecular complexity index is 652.